The van der Waals surface area contributed by atoms with Gasteiger partial charge in [0.25, 0.3) is 6.10 Å². The first-order valence-electron chi connectivity index (χ1n) is 10.0. The molecule has 0 spiro atoms. The van der Waals surface area contributed by atoms with Gasteiger partial charge in [-0.15, -0.1) is 0 Å². The molecule has 16 heteroatoms. The van der Waals surface area contributed by atoms with Gasteiger partial charge in [0.1, 0.15) is 0 Å². The number of piperazine rings is 1. The summed E-state index contributed by atoms with van der Waals surface area (Å²) in [6.07, 6.45) is -24.3. The van der Waals surface area contributed by atoms with E-state index < -0.39 is 48.6 Å². The van der Waals surface area contributed by atoms with Crippen molar-refractivity contribution in [3.05, 3.63) is 29.3 Å². The van der Waals surface area contributed by atoms with Crippen molar-refractivity contribution in [3.8, 4) is 0 Å². The van der Waals surface area contributed by atoms with Crippen molar-refractivity contribution in [2.24, 2.45) is 0 Å². The van der Waals surface area contributed by atoms with Crippen LogP contribution in [0.1, 0.15) is 18.1 Å². The molecule has 0 saturated carbocycles. The number of alkyl halides is 9. The van der Waals surface area contributed by atoms with Crippen molar-refractivity contribution < 1.29 is 59.3 Å². The molecular formula is C19H22F9N3O4. The Morgan fingerprint density at radius 1 is 1.00 bits per heavy atom. The fourth-order valence-corrected chi connectivity index (χ4v) is 3.17. The summed E-state index contributed by atoms with van der Waals surface area (Å²) in [6.45, 7) is 0.652. The van der Waals surface area contributed by atoms with Gasteiger partial charge in [-0.1, -0.05) is 6.07 Å². The molecule has 1 aromatic carbocycles. The van der Waals surface area contributed by atoms with Crippen LogP contribution in [-0.4, -0.2) is 83.1 Å². The van der Waals surface area contributed by atoms with Gasteiger partial charge in [0.15, 0.2) is 6.29 Å². The molecule has 1 aliphatic heterocycles. The zero-order chi connectivity index (χ0) is 26.8. The summed E-state index contributed by atoms with van der Waals surface area (Å²) in [6, 6.07) is 1.69. The normalized spacial score (nSPS) is 17.1. The number of rotatable bonds is 6. The van der Waals surface area contributed by atoms with Crippen LogP contribution >= 0.6 is 0 Å². The number of anilines is 1. The fraction of sp³-hybridized carbons (Fsp3) is 0.632. The molecule has 0 aliphatic carbocycles. The molecule has 1 heterocycles. The van der Waals surface area contributed by atoms with E-state index in [2.05, 4.69) is 10.1 Å². The van der Waals surface area contributed by atoms with Crippen LogP contribution in [0.25, 0.3) is 0 Å². The lowest BCUT2D eigenvalue weighted by atomic mass is 10.1. The fourth-order valence-electron chi connectivity index (χ4n) is 3.17. The van der Waals surface area contributed by atoms with Crippen molar-refractivity contribution in [1.29, 1.82) is 0 Å². The maximum absolute atomic E-state index is 13.1. The van der Waals surface area contributed by atoms with E-state index in [0.717, 1.165) is 18.2 Å². The van der Waals surface area contributed by atoms with Crippen LogP contribution in [0.4, 0.5) is 50.0 Å². The van der Waals surface area contributed by atoms with Crippen LogP contribution in [0.2, 0.25) is 0 Å². The number of carbonyl (C=O) groups is 1. The smallest absolute Gasteiger partial charge is 0.426 e. The highest BCUT2D eigenvalue weighted by molar-refractivity contribution is 5.68. The molecule has 1 fully saturated rings. The number of aliphatic hydroxyl groups excluding tert-OH is 1. The van der Waals surface area contributed by atoms with Gasteiger partial charge in [0, 0.05) is 38.4 Å². The molecule has 1 saturated heterocycles. The second kappa shape index (κ2) is 10.7. The average molecular weight is 527 g/mol. The van der Waals surface area contributed by atoms with Gasteiger partial charge in [-0.05, 0) is 24.6 Å². The lowest BCUT2D eigenvalue weighted by Crippen LogP contribution is -2.52. The first kappa shape index (κ1) is 28.8. The summed E-state index contributed by atoms with van der Waals surface area (Å²) in [5.41, 5.74) is -0.754. The van der Waals surface area contributed by atoms with Gasteiger partial charge < -0.3 is 25.2 Å². The van der Waals surface area contributed by atoms with E-state index in [1.807, 2.05) is 0 Å². The van der Waals surface area contributed by atoms with Crippen molar-refractivity contribution in [2.75, 3.05) is 31.5 Å². The molecule has 0 radical (unpaired) electrons. The van der Waals surface area contributed by atoms with Crippen molar-refractivity contribution >= 4 is 11.8 Å². The molecule has 1 aliphatic rings. The summed E-state index contributed by atoms with van der Waals surface area (Å²) in [5, 5.41) is 21.0. The van der Waals surface area contributed by atoms with E-state index in [0.29, 0.717) is 10.5 Å². The van der Waals surface area contributed by atoms with Gasteiger partial charge in [-0.25, -0.2) is 4.79 Å². The Morgan fingerprint density at radius 3 is 2.00 bits per heavy atom. The Balaban J connectivity index is 2.07. The lowest BCUT2D eigenvalue weighted by Gasteiger charge is -2.35. The van der Waals surface area contributed by atoms with Gasteiger partial charge in [0.2, 0.25) is 0 Å². The number of halogens is 9. The second-order valence-electron chi connectivity index (χ2n) is 7.83. The summed E-state index contributed by atoms with van der Waals surface area (Å²) in [7, 11) is 0. The number of hydrogen-bond acceptors (Lipinski definition) is 6. The van der Waals surface area contributed by atoms with Crippen molar-refractivity contribution in [3.63, 3.8) is 0 Å². The van der Waals surface area contributed by atoms with Crippen molar-refractivity contribution in [1.82, 2.24) is 9.80 Å². The van der Waals surface area contributed by atoms with E-state index in [1.54, 1.807) is 4.90 Å². The molecule has 1 aromatic rings. The Bertz CT molecular complexity index is 853. The zero-order valence-corrected chi connectivity index (χ0v) is 18.0. The van der Waals surface area contributed by atoms with Crippen molar-refractivity contribution in [2.45, 2.75) is 50.4 Å². The van der Waals surface area contributed by atoms with E-state index in [9.17, 15) is 54.5 Å². The monoisotopic (exact) mass is 527 g/mol. The van der Waals surface area contributed by atoms with Crippen LogP contribution in [0.5, 0.6) is 0 Å². The molecular weight excluding hydrogens is 505 g/mol. The Kier molecular flexibility index (Phi) is 8.76. The molecule has 1 atom stereocenters. The predicted octanol–water partition coefficient (Wildman–Crippen LogP) is 3.56. The van der Waals surface area contributed by atoms with Gasteiger partial charge >= 0.3 is 24.6 Å². The molecule has 1 amide bonds. The summed E-state index contributed by atoms with van der Waals surface area (Å²) < 4.78 is 118. The summed E-state index contributed by atoms with van der Waals surface area (Å²) in [4.78, 5) is 14.1. The highest BCUT2D eigenvalue weighted by Gasteiger charge is 2.60. The van der Waals surface area contributed by atoms with Crippen LogP contribution in [0, 0.1) is 0 Å². The average Bonchev–Trinajstić information content (AvgIpc) is 2.71. The van der Waals surface area contributed by atoms with Gasteiger partial charge in [0.05, 0.1) is 11.6 Å². The number of ether oxygens (including phenoxy) is 1. The summed E-state index contributed by atoms with van der Waals surface area (Å²) in [5.74, 6) is 0. The maximum atomic E-state index is 13.1. The standard InChI is InChI=1S/C19H22F9N3O4/c1-10(14(32)33)29-13-8-12(17(20,21)22)3-2-11(13)9-30-4-6-31(7-5-30)16(34)35-15(18(23,24)25)19(26,27)28/h2-3,8,10,14-15,29,32-33H,4-7,9H2,1H3/t10-/m0/s1. The van der Waals surface area contributed by atoms with Gasteiger partial charge in [-0.2, -0.15) is 39.5 Å². The maximum Gasteiger partial charge on any atom is 0.434 e. The quantitative estimate of drug-likeness (QED) is 0.388. The van der Waals surface area contributed by atoms with E-state index >= 15 is 0 Å². The second-order valence-corrected chi connectivity index (χ2v) is 7.83. The first-order valence-corrected chi connectivity index (χ1v) is 10.0. The molecule has 200 valence electrons. The molecule has 3 N–H and O–H groups in total. The molecule has 0 aromatic heterocycles. The molecule has 0 unspecified atom stereocenters. The molecule has 2 rings (SSSR count). The molecule has 0 bridgehead atoms. The Hall–Kier alpha value is -2.46. The number of benzene rings is 1. The molecule has 7 nitrogen and oxygen atoms in total. The number of amides is 1. The van der Waals surface area contributed by atoms with E-state index in [-0.39, 0.29) is 38.4 Å². The third-order valence-electron chi connectivity index (χ3n) is 5.11. The lowest BCUT2D eigenvalue weighted by molar-refractivity contribution is -0.308. The van der Waals surface area contributed by atoms with Gasteiger partial charge in [-0.3, -0.25) is 4.90 Å². The molecule has 35 heavy (non-hydrogen) atoms. The van der Waals surface area contributed by atoms with Crippen LogP contribution in [0.3, 0.4) is 0 Å². The third kappa shape index (κ3) is 8.03. The van der Waals surface area contributed by atoms with Crippen LogP contribution in [0.15, 0.2) is 18.2 Å². The SMILES string of the molecule is C[C@H](Nc1cc(C(F)(F)F)ccc1CN1CCN(C(=O)OC(C(F)(F)F)C(F)(F)F)CC1)C(O)O. The zero-order valence-electron chi connectivity index (χ0n) is 18.0. The predicted molar refractivity (Wildman–Crippen MR) is 102 cm³/mol. The van der Waals surface area contributed by atoms with Crippen LogP contribution < -0.4 is 5.32 Å². The topological polar surface area (TPSA) is 85.3 Å². The number of nitrogens with one attached hydrogen (secondary N) is 1. The minimum atomic E-state index is -5.85. The first-order chi connectivity index (χ1) is 15.9. The Labute approximate surface area is 193 Å². The highest BCUT2D eigenvalue weighted by Crippen LogP contribution is 2.36. The third-order valence-corrected chi connectivity index (χ3v) is 5.11. The number of carbonyl (C=O) groups excluding carboxylic acids is 1. The number of nitrogens with zero attached hydrogens (tertiary/aromatic N) is 2. The highest BCUT2D eigenvalue weighted by atomic mass is 19.4. The summed E-state index contributed by atoms with van der Waals surface area (Å²) >= 11 is 0. The number of aliphatic hydroxyl groups is 2. The van der Waals surface area contributed by atoms with E-state index in [1.165, 1.54) is 6.92 Å². The largest absolute Gasteiger partial charge is 0.434 e. The minimum Gasteiger partial charge on any atom is -0.426 e. The Morgan fingerprint density at radius 2 is 1.54 bits per heavy atom. The van der Waals surface area contributed by atoms with E-state index in [4.69, 9.17) is 0 Å². The van der Waals surface area contributed by atoms with Crippen LogP contribution in [-0.2, 0) is 17.5 Å². The minimum absolute atomic E-state index is 0.00860. The number of hydrogen-bond donors (Lipinski definition) is 3.